The SMILES string of the molecule is CCOC(=O)COc1ccc2c(c1)CC(N=CCc1ccccc1)CC2. The van der Waals surface area contributed by atoms with E-state index in [1.807, 2.05) is 24.4 Å². The summed E-state index contributed by atoms with van der Waals surface area (Å²) in [4.78, 5) is 16.2. The molecular weight excluding hydrogens is 326 g/mol. The summed E-state index contributed by atoms with van der Waals surface area (Å²) in [5, 5.41) is 0. The summed E-state index contributed by atoms with van der Waals surface area (Å²) in [6.45, 7) is 2.11. The maximum atomic E-state index is 11.4. The van der Waals surface area contributed by atoms with E-state index in [-0.39, 0.29) is 12.6 Å². The van der Waals surface area contributed by atoms with Crippen LogP contribution in [0.25, 0.3) is 0 Å². The van der Waals surface area contributed by atoms with Crippen LogP contribution < -0.4 is 4.74 Å². The molecule has 0 aliphatic heterocycles. The summed E-state index contributed by atoms with van der Waals surface area (Å²) < 4.78 is 10.4. The molecule has 2 aromatic rings. The number of hydrogen-bond donors (Lipinski definition) is 0. The molecule has 1 aliphatic rings. The second kappa shape index (κ2) is 9.18. The van der Waals surface area contributed by atoms with Gasteiger partial charge in [0.25, 0.3) is 0 Å². The summed E-state index contributed by atoms with van der Waals surface area (Å²) in [6.07, 6.45) is 5.92. The molecule has 0 spiro atoms. The number of rotatable bonds is 7. The molecule has 0 amide bonds. The normalized spacial score (nSPS) is 16.3. The third-order valence-electron chi connectivity index (χ3n) is 4.53. The molecule has 4 nitrogen and oxygen atoms in total. The third-order valence-corrected chi connectivity index (χ3v) is 4.53. The van der Waals surface area contributed by atoms with E-state index >= 15 is 0 Å². The van der Waals surface area contributed by atoms with Crippen LogP contribution in [0.5, 0.6) is 5.75 Å². The van der Waals surface area contributed by atoms with Crippen LogP contribution in [-0.4, -0.2) is 31.4 Å². The minimum absolute atomic E-state index is 0.0503. The lowest BCUT2D eigenvalue weighted by atomic mass is 9.88. The van der Waals surface area contributed by atoms with Gasteiger partial charge in [0.2, 0.25) is 0 Å². The lowest BCUT2D eigenvalue weighted by molar-refractivity contribution is -0.145. The molecule has 1 unspecified atom stereocenters. The van der Waals surface area contributed by atoms with E-state index in [1.165, 1.54) is 16.7 Å². The zero-order valence-corrected chi connectivity index (χ0v) is 15.2. The van der Waals surface area contributed by atoms with Crippen molar-refractivity contribution in [1.29, 1.82) is 0 Å². The van der Waals surface area contributed by atoms with Crippen molar-refractivity contribution < 1.29 is 14.3 Å². The number of carbonyl (C=O) groups excluding carboxylic acids is 1. The van der Waals surface area contributed by atoms with Crippen LogP contribution >= 0.6 is 0 Å². The average molecular weight is 351 g/mol. The zero-order valence-electron chi connectivity index (χ0n) is 15.2. The molecule has 0 aromatic heterocycles. The van der Waals surface area contributed by atoms with Crippen molar-refractivity contribution in [2.24, 2.45) is 4.99 Å². The highest BCUT2D eigenvalue weighted by Gasteiger charge is 2.18. The second-order valence-corrected chi connectivity index (χ2v) is 6.44. The van der Waals surface area contributed by atoms with Gasteiger partial charge in [-0.1, -0.05) is 36.4 Å². The van der Waals surface area contributed by atoms with Crippen LogP contribution in [0.1, 0.15) is 30.0 Å². The average Bonchev–Trinajstić information content (AvgIpc) is 2.67. The number of fused-ring (bicyclic) bond motifs is 1. The van der Waals surface area contributed by atoms with Crippen molar-refractivity contribution in [1.82, 2.24) is 0 Å². The summed E-state index contributed by atoms with van der Waals surface area (Å²) >= 11 is 0. The van der Waals surface area contributed by atoms with Gasteiger partial charge in [0.05, 0.1) is 12.6 Å². The first kappa shape index (κ1) is 18.2. The molecule has 3 rings (SSSR count). The van der Waals surface area contributed by atoms with Gasteiger partial charge in [-0.25, -0.2) is 4.79 Å². The van der Waals surface area contributed by atoms with E-state index in [2.05, 4.69) is 30.3 Å². The quantitative estimate of drug-likeness (QED) is 0.563. The van der Waals surface area contributed by atoms with Crippen molar-refractivity contribution in [2.45, 2.75) is 38.6 Å². The predicted octanol–water partition coefficient (Wildman–Crippen LogP) is 3.80. The lowest BCUT2D eigenvalue weighted by Gasteiger charge is -2.22. The molecule has 1 aliphatic carbocycles. The van der Waals surface area contributed by atoms with E-state index in [1.54, 1.807) is 6.92 Å². The van der Waals surface area contributed by atoms with Gasteiger partial charge in [0.1, 0.15) is 5.75 Å². The maximum Gasteiger partial charge on any atom is 0.344 e. The van der Waals surface area contributed by atoms with E-state index < -0.39 is 0 Å². The number of benzene rings is 2. The minimum atomic E-state index is -0.339. The van der Waals surface area contributed by atoms with Crippen molar-refractivity contribution in [3.8, 4) is 5.75 Å². The van der Waals surface area contributed by atoms with Gasteiger partial charge in [-0.05, 0) is 55.0 Å². The molecule has 2 aromatic carbocycles. The van der Waals surface area contributed by atoms with Crippen LogP contribution in [0.2, 0.25) is 0 Å². The zero-order chi connectivity index (χ0) is 18.2. The highest BCUT2D eigenvalue weighted by atomic mass is 16.6. The topological polar surface area (TPSA) is 47.9 Å². The fraction of sp³-hybridized carbons (Fsp3) is 0.364. The fourth-order valence-corrected chi connectivity index (χ4v) is 3.20. The fourth-order valence-electron chi connectivity index (χ4n) is 3.20. The Bertz CT molecular complexity index is 755. The molecule has 0 radical (unpaired) electrons. The number of nitrogens with zero attached hydrogens (tertiary/aromatic N) is 1. The highest BCUT2D eigenvalue weighted by Crippen LogP contribution is 2.27. The molecule has 0 heterocycles. The molecule has 136 valence electrons. The lowest BCUT2D eigenvalue weighted by Crippen LogP contribution is -2.18. The minimum Gasteiger partial charge on any atom is -0.482 e. The van der Waals surface area contributed by atoms with Gasteiger partial charge in [-0.2, -0.15) is 0 Å². The maximum absolute atomic E-state index is 11.4. The van der Waals surface area contributed by atoms with Crippen molar-refractivity contribution in [3.05, 3.63) is 65.2 Å². The molecule has 0 saturated heterocycles. The van der Waals surface area contributed by atoms with Crippen LogP contribution in [0.4, 0.5) is 0 Å². The summed E-state index contributed by atoms with van der Waals surface area (Å²) in [7, 11) is 0. The monoisotopic (exact) mass is 351 g/mol. The second-order valence-electron chi connectivity index (χ2n) is 6.44. The van der Waals surface area contributed by atoms with Gasteiger partial charge in [0.15, 0.2) is 6.61 Å². The van der Waals surface area contributed by atoms with Crippen molar-refractivity contribution >= 4 is 12.2 Å². The number of ether oxygens (including phenoxy) is 2. The van der Waals surface area contributed by atoms with Gasteiger partial charge < -0.3 is 9.47 Å². The Morgan fingerprint density at radius 1 is 1.19 bits per heavy atom. The van der Waals surface area contributed by atoms with Crippen LogP contribution in [0.3, 0.4) is 0 Å². The Labute approximate surface area is 154 Å². The molecule has 1 atom stereocenters. The first-order valence-electron chi connectivity index (χ1n) is 9.20. The molecule has 0 bridgehead atoms. The van der Waals surface area contributed by atoms with E-state index in [4.69, 9.17) is 14.5 Å². The molecule has 26 heavy (non-hydrogen) atoms. The highest BCUT2D eigenvalue weighted by molar-refractivity contribution is 5.71. The van der Waals surface area contributed by atoms with E-state index in [9.17, 15) is 4.79 Å². The number of esters is 1. The number of hydrogen-bond acceptors (Lipinski definition) is 4. The summed E-state index contributed by atoms with van der Waals surface area (Å²) in [5.41, 5.74) is 3.89. The smallest absolute Gasteiger partial charge is 0.344 e. The van der Waals surface area contributed by atoms with Crippen LogP contribution in [0.15, 0.2) is 53.5 Å². The standard InChI is InChI=1S/C22H25NO3/c1-2-25-22(24)16-26-21-11-9-18-8-10-20(14-19(18)15-21)23-13-12-17-6-4-3-5-7-17/h3-7,9,11,13,15,20H,2,8,10,12,14,16H2,1H3. The Kier molecular flexibility index (Phi) is 6.42. The predicted molar refractivity (Wildman–Crippen MR) is 103 cm³/mol. The first-order chi connectivity index (χ1) is 12.7. The van der Waals surface area contributed by atoms with E-state index in [0.29, 0.717) is 18.4 Å². The van der Waals surface area contributed by atoms with Crippen molar-refractivity contribution in [3.63, 3.8) is 0 Å². The number of aliphatic imine (C=N–C) groups is 1. The van der Waals surface area contributed by atoms with Gasteiger partial charge >= 0.3 is 5.97 Å². The Morgan fingerprint density at radius 2 is 2.04 bits per heavy atom. The Hall–Kier alpha value is -2.62. The number of aryl methyl sites for hydroxylation is 1. The van der Waals surface area contributed by atoms with E-state index in [0.717, 1.165) is 25.7 Å². The molecule has 0 fully saturated rings. The van der Waals surface area contributed by atoms with Crippen molar-refractivity contribution in [2.75, 3.05) is 13.2 Å². The molecule has 0 N–H and O–H groups in total. The van der Waals surface area contributed by atoms with Gasteiger partial charge in [-0.15, -0.1) is 0 Å². The van der Waals surface area contributed by atoms with Crippen LogP contribution in [-0.2, 0) is 28.8 Å². The third kappa shape index (κ3) is 5.19. The Balaban J connectivity index is 1.56. The van der Waals surface area contributed by atoms with Gasteiger partial charge in [0, 0.05) is 12.6 Å². The Morgan fingerprint density at radius 3 is 2.85 bits per heavy atom. The molecule has 0 saturated carbocycles. The van der Waals surface area contributed by atoms with Gasteiger partial charge in [-0.3, -0.25) is 4.99 Å². The molecule has 4 heteroatoms. The summed E-state index contributed by atoms with van der Waals surface area (Å²) in [5.74, 6) is 0.374. The first-order valence-corrected chi connectivity index (χ1v) is 9.20. The summed E-state index contributed by atoms with van der Waals surface area (Å²) in [6, 6.07) is 16.7. The largest absolute Gasteiger partial charge is 0.482 e. The molecular formula is C22H25NO3. The van der Waals surface area contributed by atoms with Crippen LogP contribution in [0, 0.1) is 0 Å². The number of carbonyl (C=O) groups is 1.